The Kier molecular flexibility index (Phi) is 8.83. The zero-order valence-corrected chi connectivity index (χ0v) is 17.4. The Balaban J connectivity index is 2.95. The lowest BCUT2D eigenvalue weighted by atomic mass is 10.2. The zero-order valence-electron chi connectivity index (χ0n) is 13.4. The second-order valence-corrected chi connectivity index (χ2v) is 9.07. The molecule has 2 N–H and O–H groups in total. The second kappa shape index (κ2) is 9.84. The van der Waals surface area contributed by atoms with Crippen molar-refractivity contribution in [1.29, 1.82) is 0 Å². The van der Waals surface area contributed by atoms with Crippen molar-refractivity contribution in [3.05, 3.63) is 32.5 Å². The van der Waals surface area contributed by atoms with Gasteiger partial charge in [0.15, 0.2) is 0 Å². The van der Waals surface area contributed by atoms with Gasteiger partial charge in [-0.1, -0.05) is 32.3 Å². The lowest BCUT2D eigenvalue weighted by molar-refractivity contribution is -0.118. The van der Waals surface area contributed by atoms with Crippen molar-refractivity contribution in [3.63, 3.8) is 0 Å². The summed E-state index contributed by atoms with van der Waals surface area (Å²) in [5, 5.41) is 0. The average Bonchev–Trinajstić information content (AvgIpc) is 2.50. The minimum absolute atomic E-state index is 0.0353. The summed E-state index contributed by atoms with van der Waals surface area (Å²) in [6, 6.07) is 2.97. The first-order valence-corrected chi connectivity index (χ1v) is 10.8. The van der Waals surface area contributed by atoms with Crippen LogP contribution in [-0.2, 0) is 20.6 Å². The molecule has 0 radical (unpaired) electrons. The van der Waals surface area contributed by atoms with E-state index in [0.29, 0.717) is 10.9 Å². The van der Waals surface area contributed by atoms with E-state index >= 15 is 0 Å². The Hall–Kier alpha value is -0.510. The van der Waals surface area contributed by atoms with Crippen LogP contribution in [0.15, 0.2) is 21.1 Å². The van der Waals surface area contributed by atoms with Crippen LogP contribution in [0.4, 0.5) is 4.39 Å². The highest BCUT2D eigenvalue weighted by molar-refractivity contribution is 9.13. The summed E-state index contributed by atoms with van der Waals surface area (Å²) in [6.45, 7) is 1.85. The molecule has 24 heavy (non-hydrogen) atoms. The molecule has 0 spiro atoms. The number of halogens is 3. The van der Waals surface area contributed by atoms with Crippen LogP contribution in [0, 0.1) is 5.82 Å². The van der Waals surface area contributed by atoms with E-state index in [9.17, 15) is 17.6 Å². The van der Waals surface area contributed by atoms with Crippen molar-refractivity contribution in [2.24, 2.45) is 5.73 Å². The minimum atomic E-state index is -3.85. The Morgan fingerprint density at radius 3 is 2.50 bits per heavy atom. The van der Waals surface area contributed by atoms with Gasteiger partial charge in [-0.25, -0.2) is 12.8 Å². The Morgan fingerprint density at radius 2 is 1.92 bits per heavy atom. The van der Waals surface area contributed by atoms with Gasteiger partial charge in [-0.3, -0.25) is 4.79 Å². The number of hydrogen-bond acceptors (Lipinski definition) is 3. The maximum atomic E-state index is 14.2. The van der Waals surface area contributed by atoms with Gasteiger partial charge in [0.1, 0.15) is 5.82 Å². The first-order chi connectivity index (χ1) is 11.2. The summed E-state index contributed by atoms with van der Waals surface area (Å²) in [7, 11) is -3.85. The third kappa shape index (κ3) is 6.42. The number of nitrogens with two attached hydrogens (primary N) is 1. The molecule has 0 aliphatic rings. The van der Waals surface area contributed by atoms with Crippen LogP contribution in [-0.4, -0.2) is 31.7 Å². The lowest BCUT2D eigenvalue weighted by Gasteiger charge is -2.21. The second-order valence-electron chi connectivity index (χ2n) is 5.45. The molecule has 0 unspecified atom stereocenters. The lowest BCUT2D eigenvalue weighted by Crippen LogP contribution is -2.39. The number of primary amides is 1. The largest absolute Gasteiger partial charge is 0.369 e. The van der Waals surface area contributed by atoms with Crippen LogP contribution in [0.5, 0.6) is 0 Å². The van der Waals surface area contributed by atoms with Crippen LogP contribution in [0.1, 0.15) is 38.2 Å². The quantitative estimate of drug-likeness (QED) is 0.404. The first-order valence-electron chi connectivity index (χ1n) is 7.57. The molecule has 0 bridgehead atoms. The van der Waals surface area contributed by atoms with Crippen LogP contribution < -0.4 is 5.73 Å². The Labute approximate surface area is 159 Å². The van der Waals surface area contributed by atoms with Gasteiger partial charge in [0.05, 0.1) is 16.8 Å². The van der Waals surface area contributed by atoms with Gasteiger partial charge in [-0.15, -0.1) is 0 Å². The number of hydrogen-bond donors (Lipinski definition) is 1. The normalized spacial score (nSPS) is 11.9. The van der Waals surface area contributed by atoms with Gasteiger partial charge in [0.25, 0.3) is 0 Å². The van der Waals surface area contributed by atoms with E-state index in [4.69, 9.17) is 5.73 Å². The monoisotopic (exact) mass is 486 g/mol. The topological polar surface area (TPSA) is 80.5 Å². The summed E-state index contributed by atoms with van der Waals surface area (Å²) < 4.78 is 41.1. The molecule has 136 valence electrons. The maximum Gasteiger partial charge on any atom is 0.232 e. The number of nitrogens with zero attached hydrogens (tertiary/aromatic N) is 1. The summed E-state index contributed by atoms with van der Waals surface area (Å²) in [5.41, 5.74) is 5.19. The van der Waals surface area contributed by atoms with Gasteiger partial charge in [0.2, 0.25) is 15.9 Å². The van der Waals surface area contributed by atoms with Crippen molar-refractivity contribution in [3.8, 4) is 0 Å². The van der Waals surface area contributed by atoms with Gasteiger partial charge in [0, 0.05) is 16.6 Å². The van der Waals surface area contributed by atoms with Crippen LogP contribution in [0.2, 0.25) is 0 Å². The Bertz CT molecular complexity index is 684. The molecule has 0 fully saturated rings. The highest BCUT2D eigenvalue weighted by atomic mass is 79.9. The molecule has 1 rings (SSSR count). The van der Waals surface area contributed by atoms with Crippen molar-refractivity contribution in [2.45, 2.75) is 38.4 Å². The average molecular weight is 488 g/mol. The van der Waals surface area contributed by atoms with Gasteiger partial charge >= 0.3 is 0 Å². The maximum absolute atomic E-state index is 14.2. The third-order valence-electron chi connectivity index (χ3n) is 3.44. The summed E-state index contributed by atoms with van der Waals surface area (Å²) in [6.07, 6.45) is 3.49. The SMILES string of the molecule is CCCCCCN(CC(N)=O)S(=O)(=O)Cc1ccc(Br)c(Br)c1F. The zero-order chi connectivity index (χ0) is 18.3. The molecule has 5 nitrogen and oxygen atoms in total. The molecule has 0 saturated heterocycles. The molecule has 0 aliphatic carbocycles. The molecule has 9 heteroatoms. The number of rotatable bonds is 10. The smallest absolute Gasteiger partial charge is 0.232 e. The summed E-state index contributed by atoms with van der Waals surface area (Å²) >= 11 is 6.23. The fourth-order valence-corrected chi connectivity index (χ4v) is 4.39. The number of sulfonamides is 1. The van der Waals surface area contributed by atoms with Gasteiger partial charge in [-0.05, 0) is 44.3 Å². The van der Waals surface area contributed by atoms with E-state index < -0.39 is 34.0 Å². The fraction of sp³-hybridized carbons (Fsp3) is 0.533. The van der Waals surface area contributed by atoms with Gasteiger partial charge < -0.3 is 5.73 Å². The van der Waals surface area contributed by atoms with E-state index in [1.165, 1.54) is 6.07 Å². The predicted molar refractivity (Wildman–Crippen MR) is 99.3 cm³/mol. The van der Waals surface area contributed by atoms with E-state index in [0.717, 1.165) is 23.6 Å². The van der Waals surface area contributed by atoms with Crippen molar-refractivity contribution in [2.75, 3.05) is 13.1 Å². The molecule has 0 atom stereocenters. The first kappa shape index (κ1) is 21.5. The summed E-state index contributed by atoms with van der Waals surface area (Å²) in [5.74, 6) is -1.89. The number of amides is 1. The minimum Gasteiger partial charge on any atom is -0.369 e. The number of benzene rings is 1. The molecule has 0 aromatic heterocycles. The van der Waals surface area contributed by atoms with Crippen LogP contribution in [0.25, 0.3) is 0 Å². The van der Waals surface area contributed by atoms with Crippen molar-refractivity contribution in [1.82, 2.24) is 4.31 Å². The van der Waals surface area contributed by atoms with Crippen molar-refractivity contribution >= 4 is 47.8 Å². The molecular weight excluding hydrogens is 467 g/mol. The molecular formula is C15H21Br2FN2O3S. The van der Waals surface area contributed by atoms with E-state index in [-0.39, 0.29) is 16.6 Å². The molecule has 0 heterocycles. The van der Waals surface area contributed by atoms with Crippen LogP contribution >= 0.6 is 31.9 Å². The summed E-state index contributed by atoms with van der Waals surface area (Å²) in [4.78, 5) is 11.2. The number of carbonyl (C=O) groups excluding carboxylic acids is 1. The number of carbonyl (C=O) groups is 1. The molecule has 1 amide bonds. The number of unbranched alkanes of at least 4 members (excludes halogenated alkanes) is 3. The molecule has 1 aromatic rings. The molecule has 1 aromatic carbocycles. The highest BCUT2D eigenvalue weighted by Gasteiger charge is 2.25. The van der Waals surface area contributed by atoms with E-state index in [1.54, 1.807) is 6.07 Å². The predicted octanol–water partition coefficient (Wildman–Crippen LogP) is 3.55. The van der Waals surface area contributed by atoms with E-state index in [1.807, 2.05) is 6.92 Å². The standard InChI is InChI=1S/C15H21Br2FN2O3S/c1-2-3-4-5-8-20(9-13(19)21)24(22,23)10-11-6-7-12(16)14(17)15(11)18/h6-7H,2-5,8-10H2,1H3,(H2,19,21). The van der Waals surface area contributed by atoms with Crippen molar-refractivity contribution < 1.29 is 17.6 Å². The molecule has 0 aliphatic heterocycles. The van der Waals surface area contributed by atoms with Crippen LogP contribution in [0.3, 0.4) is 0 Å². The fourth-order valence-electron chi connectivity index (χ4n) is 2.17. The highest BCUT2D eigenvalue weighted by Crippen LogP contribution is 2.29. The van der Waals surface area contributed by atoms with E-state index in [2.05, 4.69) is 31.9 Å². The van der Waals surface area contributed by atoms with Gasteiger partial charge in [-0.2, -0.15) is 4.31 Å². The third-order valence-corrected chi connectivity index (χ3v) is 7.18. The molecule has 0 saturated carbocycles. The Morgan fingerprint density at radius 1 is 1.25 bits per heavy atom.